The highest BCUT2D eigenvalue weighted by Gasteiger charge is 2.22. The van der Waals surface area contributed by atoms with Crippen molar-refractivity contribution in [2.24, 2.45) is 0 Å². The van der Waals surface area contributed by atoms with Gasteiger partial charge in [-0.05, 0) is 35.8 Å². The van der Waals surface area contributed by atoms with Crippen LogP contribution in [0.25, 0.3) is 11.4 Å². The van der Waals surface area contributed by atoms with E-state index >= 15 is 0 Å². The summed E-state index contributed by atoms with van der Waals surface area (Å²) in [5, 5.41) is 5.43. The Morgan fingerprint density at radius 3 is 2.79 bits per heavy atom. The van der Waals surface area contributed by atoms with Crippen LogP contribution in [0.1, 0.15) is 22.4 Å². The molecule has 24 heavy (non-hydrogen) atoms. The minimum absolute atomic E-state index is 0.252. The number of carbonyl (C=O) groups excluding carboxylic acids is 2. The summed E-state index contributed by atoms with van der Waals surface area (Å²) in [6.45, 7) is 1.63. The lowest BCUT2D eigenvalue weighted by Crippen LogP contribution is -2.23. The van der Waals surface area contributed by atoms with E-state index in [-0.39, 0.29) is 18.4 Å². The van der Waals surface area contributed by atoms with Gasteiger partial charge in [0.05, 0.1) is 24.2 Å². The van der Waals surface area contributed by atoms with Crippen molar-refractivity contribution >= 4 is 29.0 Å². The van der Waals surface area contributed by atoms with Gasteiger partial charge in [-0.2, -0.15) is 4.37 Å². The SMILES string of the molecule is CC(=O)Nc1c(-c2ccccn2)nsc1C(=O)NCc1ccco1. The summed E-state index contributed by atoms with van der Waals surface area (Å²) in [5.41, 5.74) is 1.42. The molecule has 2 amide bonds. The fourth-order valence-corrected chi connectivity index (χ4v) is 2.84. The monoisotopic (exact) mass is 342 g/mol. The van der Waals surface area contributed by atoms with Crippen LogP contribution in [-0.2, 0) is 11.3 Å². The number of amides is 2. The first-order valence-electron chi connectivity index (χ1n) is 7.14. The van der Waals surface area contributed by atoms with Crippen LogP contribution in [0.2, 0.25) is 0 Å². The van der Waals surface area contributed by atoms with Gasteiger partial charge in [-0.1, -0.05) is 6.07 Å². The average Bonchev–Trinajstić information content (AvgIpc) is 3.23. The van der Waals surface area contributed by atoms with E-state index in [0.717, 1.165) is 11.5 Å². The molecule has 0 unspecified atom stereocenters. The van der Waals surface area contributed by atoms with Crippen molar-refractivity contribution in [2.75, 3.05) is 5.32 Å². The lowest BCUT2D eigenvalue weighted by molar-refractivity contribution is -0.114. The predicted molar refractivity (Wildman–Crippen MR) is 89.5 cm³/mol. The Labute approximate surface area is 141 Å². The van der Waals surface area contributed by atoms with Crippen molar-refractivity contribution < 1.29 is 14.0 Å². The van der Waals surface area contributed by atoms with Gasteiger partial charge >= 0.3 is 0 Å². The zero-order chi connectivity index (χ0) is 16.9. The maximum Gasteiger partial charge on any atom is 0.265 e. The molecule has 3 rings (SSSR count). The van der Waals surface area contributed by atoms with E-state index in [1.54, 1.807) is 30.5 Å². The summed E-state index contributed by atoms with van der Waals surface area (Å²) in [5.74, 6) is 0.0150. The Hall–Kier alpha value is -3.00. The molecular weight excluding hydrogens is 328 g/mol. The third-order valence-corrected chi connectivity index (χ3v) is 3.96. The van der Waals surface area contributed by atoms with Crippen LogP contribution in [0.15, 0.2) is 47.2 Å². The molecule has 0 aliphatic heterocycles. The number of pyridine rings is 1. The number of nitrogens with zero attached hydrogens (tertiary/aromatic N) is 2. The second kappa shape index (κ2) is 7.05. The quantitative estimate of drug-likeness (QED) is 0.743. The van der Waals surface area contributed by atoms with Gasteiger partial charge < -0.3 is 15.1 Å². The van der Waals surface area contributed by atoms with Crippen molar-refractivity contribution in [3.63, 3.8) is 0 Å². The van der Waals surface area contributed by atoms with Gasteiger partial charge in [0.25, 0.3) is 5.91 Å². The Morgan fingerprint density at radius 1 is 1.25 bits per heavy atom. The van der Waals surface area contributed by atoms with E-state index in [4.69, 9.17) is 4.42 Å². The van der Waals surface area contributed by atoms with Crippen molar-refractivity contribution in [1.82, 2.24) is 14.7 Å². The van der Waals surface area contributed by atoms with Crippen molar-refractivity contribution in [3.8, 4) is 11.4 Å². The van der Waals surface area contributed by atoms with Crippen molar-refractivity contribution in [2.45, 2.75) is 13.5 Å². The maximum absolute atomic E-state index is 12.4. The molecule has 8 heteroatoms. The van der Waals surface area contributed by atoms with E-state index in [1.165, 1.54) is 13.2 Å². The zero-order valence-electron chi connectivity index (χ0n) is 12.8. The first-order chi connectivity index (χ1) is 11.6. The summed E-state index contributed by atoms with van der Waals surface area (Å²) in [4.78, 5) is 28.5. The number of hydrogen-bond donors (Lipinski definition) is 2. The molecule has 3 aromatic rings. The van der Waals surface area contributed by atoms with Crippen LogP contribution in [0.4, 0.5) is 5.69 Å². The van der Waals surface area contributed by atoms with Gasteiger partial charge in [0.15, 0.2) is 0 Å². The summed E-state index contributed by atoms with van der Waals surface area (Å²) in [7, 11) is 0. The number of carbonyl (C=O) groups is 2. The molecule has 0 fully saturated rings. The number of aromatic nitrogens is 2. The molecule has 2 N–H and O–H groups in total. The Balaban J connectivity index is 1.88. The standard InChI is InChI=1S/C16H14N4O3S/c1-10(21)19-14-13(12-6-2-3-7-17-12)20-24-15(14)16(22)18-9-11-5-4-8-23-11/h2-8H,9H2,1H3,(H,18,22)(H,19,21). The molecule has 0 aliphatic rings. The molecule has 0 atom stereocenters. The number of nitrogens with one attached hydrogen (secondary N) is 2. The minimum atomic E-state index is -0.338. The highest BCUT2D eigenvalue weighted by Crippen LogP contribution is 2.32. The lowest BCUT2D eigenvalue weighted by Gasteiger charge is -2.06. The maximum atomic E-state index is 12.4. The third-order valence-electron chi connectivity index (χ3n) is 3.11. The average molecular weight is 342 g/mol. The van der Waals surface area contributed by atoms with Crippen LogP contribution in [0.5, 0.6) is 0 Å². The fourth-order valence-electron chi connectivity index (χ4n) is 2.08. The molecule has 0 aromatic carbocycles. The molecule has 0 saturated carbocycles. The van der Waals surface area contributed by atoms with Gasteiger partial charge in [-0.3, -0.25) is 14.6 Å². The zero-order valence-corrected chi connectivity index (χ0v) is 13.6. The van der Waals surface area contributed by atoms with Crippen LogP contribution < -0.4 is 10.6 Å². The molecular formula is C16H14N4O3S. The minimum Gasteiger partial charge on any atom is -0.467 e. The highest BCUT2D eigenvalue weighted by atomic mass is 32.1. The molecule has 7 nitrogen and oxygen atoms in total. The van der Waals surface area contributed by atoms with Crippen LogP contribution in [0, 0.1) is 0 Å². The Kier molecular flexibility index (Phi) is 4.66. The van der Waals surface area contributed by atoms with E-state index in [2.05, 4.69) is 20.0 Å². The second-order valence-electron chi connectivity index (χ2n) is 4.89. The van der Waals surface area contributed by atoms with Crippen molar-refractivity contribution in [3.05, 3.63) is 53.4 Å². The number of anilines is 1. The summed E-state index contributed by atoms with van der Waals surface area (Å²) >= 11 is 1.01. The van der Waals surface area contributed by atoms with Gasteiger partial charge in [-0.25, -0.2) is 0 Å². The van der Waals surface area contributed by atoms with Gasteiger partial charge in [-0.15, -0.1) is 0 Å². The Bertz CT molecular complexity index is 844. The first-order valence-corrected chi connectivity index (χ1v) is 7.91. The summed E-state index contributed by atoms with van der Waals surface area (Å²) in [6, 6.07) is 8.88. The van der Waals surface area contributed by atoms with Gasteiger partial charge in [0.1, 0.15) is 16.3 Å². The molecule has 0 aliphatic carbocycles. The molecule has 3 heterocycles. The predicted octanol–water partition coefficient (Wildman–Crippen LogP) is 2.69. The van der Waals surface area contributed by atoms with E-state index in [9.17, 15) is 9.59 Å². The third kappa shape index (κ3) is 3.49. The number of rotatable bonds is 5. The van der Waals surface area contributed by atoms with Gasteiger partial charge in [0.2, 0.25) is 5.91 Å². The summed E-state index contributed by atoms with van der Waals surface area (Å²) in [6.07, 6.45) is 3.17. The lowest BCUT2D eigenvalue weighted by atomic mass is 10.2. The van der Waals surface area contributed by atoms with Crippen LogP contribution in [-0.4, -0.2) is 21.2 Å². The Morgan fingerprint density at radius 2 is 2.12 bits per heavy atom. The van der Waals surface area contributed by atoms with Gasteiger partial charge in [0, 0.05) is 13.1 Å². The summed E-state index contributed by atoms with van der Waals surface area (Å²) < 4.78 is 9.47. The van der Waals surface area contributed by atoms with Crippen LogP contribution >= 0.6 is 11.5 Å². The number of furan rings is 1. The smallest absolute Gasteiger partial charge is 0.265 e. The number of hydrogen-bond acceptors (Lipinski definition) is 6. The van der Waals surface area contributed by atoms with E-state index < -0.39 is 0 Å². The van der Waals surface area contributed by atoms with E-state index in [1.807, 2.05) is 6.07 Å². The second-order valence-corrected chi connectivity index (χ2v) is 5.67. The van der Waals surface area contributed by atoms with Crippen LogP contribution in [0.3, 0.4) is 0 Å². The molecule has 0 radical (unpaired) electrons. The normalized spacial score (nSPS) is 10.4. The van der Waals surface area contributed by atoms with Crippen molar-refractivity contribution in [1.29, 1.82) is 0 Å². The molecule has 0 spiro atoms. The molecule has 0 saturated heterocycles. The topological polar surface area (TPSA) is 97.1 Å². The fraction of sp³-hybridized carbons (Fsp3) is 0.125. The molecule has 3 aromatic heterocycles. The first kappa shape index (κ1) is 15.9. The van der Waals surface area contributed by atoms with E-state index in [0.29, 0.717) is 27.7 Å². The largest absolute Gasteiger partial charge is 0.467 e. The highest BCUT2D eigenvalue weighted by molar-refractivity contribution is 7.09. The molecule has 122 valence electrons. The molecule has 0 bridgehead atoms.